The van der Waals surface area contributed by atoms with Crippen molar-refractivity contribution in [3.63, 3.8) is 0 Å². The van der Waals surface area contributed by atoms with Gasteiger partial charge in [0.2, 0.25) is 0 Å². The Morgan fingerprint density at radius 1 is 0.382 bits per heavy atom. The van der Waals surface area contributed by atoms with Gasteiger partial charge < -0.3 is 64.4 Å². The summed E-state index contributed by atoms with van der Waals surface area (Å²) >= 11 is 0. The fraction of sp³-hybridized carbons (Fsp3) is 0.250. The number of aryl methyl sites for hydroxylation is 6. The van der Waals surface area contributed by atoms with Crippen LogP contribution in [0.25, 0.3) is 0 Å². The van der Waals surface area contributed by atoms with Gasteiger partial charge in [-0.1, -0.05) is 179 Å². The summed E-state index contributed by atoms with van der Waals surface area (Å²) in [4.78, 5) is 24.8. The van der Waals surface area contributed by atoms with Crippen molar-refractivity contribution in [3.8, 4) is 0 Å². The van der Waals surface area contributed by atoms with Crippen LogP contribution in [0.3, 0.4) is 0 Å². The predicted octanol–water partition coefficient (Wildman–Crippen LogP) is 9.53. The Morgan fingerprint density at radius 3 is 0.691 bits per heavy atom. The molecule has 20 heteroatoms. The second-order valence-electron chi connectivity index (χ2n) is 15.2. The van der Waals surface area contributed by atoms with Crippen LogP contribution in [0.5, 0.6) is 0 Å². The summed E-state index contributed by atoms with van der Waals surface area (Å²) in [6.07, 6.45) is -0.0584. The van der Waals surface area contributed by atoms with Crippen molar-refractivity contribution in [1.82, 2.24) is 0 Å². The third-order valence-electron chi connectivity index (χ3n) is 10.2. The van der Waals surface area contributed by atoms with Gasteiger partial charge >= 0.3 is 32.7 Å². The smallest absolute Gasteiger partial charge is 0.382 e. The summed E-state index contributed by atoms with van der Waals surface area (Å²) in [5.74, 6) is 0. The Bertz CT molecular complexity index is 2350. The summed E-state index contributed by atoms with van der Waals surface area (Å²) in [5.41, 5.74) is 6.24. The number of rotatable bonds is 12. The van der Waals surface area contributed by atoms with Crippen LogP contribution < -0.4 is 31.8 Å². The van der Waals surface area contributed by atoms with Gasteiger partial charge in [-0.05, 0) is 55.4 Å². The molecule has 0 aliphatic heterocycles. The molecule has 6 aromatic carbocycles. The number of ether oxygens (including phenoxy) is 1. The van der Waals surface area contributed by atoms with E-state index in [0.717, 1.165) is 46.6 Å². The van der Waals surface area contributed by atoms with Crippen molar-refractivity contribution in [2.45, 2.75) is 60.8 Å². The van der Waals surface area contributed by atoms with E-state index in [1.54, 1.807) is 0 Å². The van der Waals surface area contributed by atoms with Crippen molar-refractivity contribution in [2.24, 2.45) is 0 Å². The summed E-state index contributed by atoms with van der Waals surface area (Å²) < 4.78 is 54.7. The van der Waals surface area contributed by atoms with Crippen molar-refractivity contribution in [3.05, 3.63) is 225 Å². The molecule has 358 valence electrons. The van der Waals surface area contributed by atoms with Crippen LogP contribution >= 0.6 is 21.4 Å². The minimum atomic E-state index is -3.84. The normalized spacial score (nSPS) is 10.7. The fourth-order valence-corrected chi connectivity index (χ4v) is 20.3. The molecule has 68 heavy (non-hydrogen) atoms. The Kier molecular flexibility index (Phi) is 25.8. The van der Waals surface area contributed by atoms with E-state index in [0.29, 0.717) is 31.8 Å². The molecule has 0 aliphatic carbocycles. The van der Waals surface area contributed by atoms with Crippen LogP contribution in [0, 0.1) is 87.5 Å². The van der Waals surface area contributed by atoms with Crippen LogP contribution in [0.15, 0.2) is 146 Å². The standard InChI is InChI=1S/C44H45O3P3.C4H10O.3NO3.Y/c1-32-7-19-38(20-8-32)48(45,39-21-9-33(2)10-22-39)31-44(49(46,40-23-11-34(3)12-24-40)41-25-13-35(4)14-26-41)50(47,42-27-15-36(5)16-28-42)43-29-17-37(6)18-30-43;1-3-5-4-2;3*2-1(3)4;/h7-30,44H,31H2,1-6H3;3-4H2,1-2H3;;;;/q;;3*-1;+3. The fourth-order valence-electron chi connectivity index (χ4n) is 6.88. The first-order chi connectivity index (χ1) is 31.4. The first-order valence-electron chi connectivity index (χ1n) is 20.7. The second kappa shape index (κ2) is 28.9. The average molecular weight is 1060 g/mol. The number of benzene rings is 6. The maximum Gasteiger partial charge on any atom is 3.00 e. The van der Waals surface area contributed by atoms with Crippen molar-refractivity contribution in [1.29, 1.82) is 0 Å². The maximum absolute atomic E-state index is 16.8. The predicted molar refractivity (Wildman–Crippen MR) is 270 cm³/mol. The molecule has 0 bridgehead atoms. The first kappa shape index (κ1) is 60.7. The molecule has 0 unspecified atom stereocenters. The van der Waals surface area contributed by atoms with Gasteiger partial charge in [-0.3, -0.25) is 0 Å². The number of hydrogen-bond acceptors (Lipinski definition) is 13. The van der Waals surface area contributed by atoms with E-state index in [2.05, 4.69) is 0 Å². The SMILES string of the molecule is CCOCC.Cc1ccc(P(=O)(CC(P(=O)(c2ccc(C)cc2)c2ccc(C)cc2)P(=O)(c2ccc(C)cc2)c2ccc(C)cc2)c2ccc(C)cc2)cc1.O=[N+]([O-])[O-].O=[N+]([O-])[O-].O=[N+]([O-])[O-].[Y+3]. The van der Waals surface area contributed by atoms with Crippen LogP contribution in [-0.4, -0.2) is 40.0 Å². The zero-order chi connectivity index (χ0) is 50.5. The summed E-state index contributed by atoms with van der Waals surface area (Å²) in [6.45, 7) is 17.7. The molecule has 0 fully saturated rings. The zero-order valence-corrected chi connectivity index (χ0v) is 44.6. The Labute approximate surface area is 422 Å². The van der Waals surface area contributed by atoms with Gasteiger partial charge in [-0.25, -0.2) is 0 Å². The Balaban J connectivity index is 0.00000111. The molecule has 0 amide bonds. The molecule has 6 rings (SSSR count). The topological polar surface area (TPSA) is 259 Å². The van der Waals surface area contributed by atoms with Gasteiger partial charge in [0.15, 0.2) is 14.3 Å². The molecule has 0 radical (unpaired) electrons. The number of hydrogen-bond donors (Lipinski definition) is 0. The Morgan fingerprint density at radius 2 is 0.544 bits per heavy atom. The summed E-state index contributed by atoms with van der Waals surface area (Å²) in [6, 6.07) is 46.7. The quantitative estimate of drug-likeness (QED) is 0.0629. The van der Waals surface area contributed by atoms with E-state index in [-0.39, 0.29) is 38.9 Å². The third-order valence-corrected chi connectivity index (χ3v) is 22.2. The van der Waals surface area contributed by atoms with Gasteiger partial charge in [-0.2, -0.15) is 0 Å². The molecular weight excluding hydrogens is 1010 g/mol. The van der Waals surface area contributed by atoms with Gasteiger partial charge in [0.25, 0.3) is 0 Å². The first-order valence-corrected chi connectivity index (χ1v) is 26.1. The molecule has 0 atom stereocenters. The zero-order valence-electron chi connectivity index (χ0n) is 39.1. The van der Waals surface area contributed by atoms with E-state index in [1.807, 2.05) is 201 Å². The second-order valence-corrected chi connectivity index (χ2v) is 24.4. The van der Waals surface area contributed by atoms with Crippen LogP contribution in [0.1, 0.15) is 47.2 Å². The van der Waals surface area contributed by atoms with Crippen molar-refractivity contribution in [2.75, 3.05) is 19.4 Å². The van der Waals surface area contributed by atoms with E-state index in [9.17, 15) is 0 Å². The molecule has 0 aliphatic rings. The van der Waals surface area contributed by atoms with E-state index >= 15 is 13.7 Å². The molecule has 0 saturated heterocycles. The van der Waals surface area contributed by atoms with E-state index in [4.69, 9.17) is 50.7 Å². The monoisotopic (exact) mass is 1060 g/mol. The Hall–Kier alpha value is -5.33. The minimum Gasteiger partial charge on any atom is -0.382 e. The number of nitrogens with zero attached hydrogens (tertiary/aromatic N) is 3. The van der Waals surface area contributed by atoms with E-state index in [1.165, 1.54) is 0 Å². The van der Waals surface area contributed by atoms with Crippen molar-refractivity contribution >= 4 is 53.3 Å². The molecule has 0 saturated carbocycles. The maximum atomic E-state index is 16.8. The van der Waals surface area contributed by atoms with Crippen LogP contribution in [0.2, 0.25) is 0 Å². The third kappa shape index (κ3) is 18.0. The van der Waals surface area contributed by atoms with Gasteiger partial charge in [0.1, 0.15) is 7.14 Å². The van der Waals surface area contributed by atoms with E-state index < -0.39 is 42.1 Å². The van der Waals surface area contributed by atoms with Gasteiger partial charge in [-0.15, -0.1) is 0 Å². The molecule has 16 nitrogen and oxygen atoms in total. The summed E-state index contributed by atoms with van der Waals surface area (Å²) in [5, 5.41) is 47.0. The van der Waals surface area contributed by atoms with Crippen LogP contribution in [0.4, 0.5) is 0 Å². The molecule has 0 spiro atoms. The van der Waals surface area contributed by atoms with Gasteiger partial charge in [0, 0.05) is 51.2 Å². The molecule has 0 N–H and O–H groups in total. The van der Waals surface area contributed by atoms with Crippen LogP contribution in [-0.2, 0) is 51.1 Å². The average Bonchev–Trinajstić information content (AvgIpc) is 3.26. The minimum absolute atomic E-state index is 0. The van der Waals surface area contributed by atoms with Crippen molar-refractivity contribution < 1.29 is 66.4 Å². The summed E-state index contributed by atoms with van der Waals surface area (Å²) in [7, 11) is -11.3. The largest absolute Gasteiger partial charge is 3.00 e. The molecule has 0 aromatic heterocycles. The molecule has 0 heterocycles. The molecular formula is C48H55N3O13P3Y. The molecule has 6 aromatic rings. The van der Waals surface area contributed by atoms with Gasteiger partial charge in [0.05, 0.1) is 20.7 Å².